The zero-order chi connectivity index (χ0) is 34.7. The van der Waals surface area contributed by atoms with E-state index in [0.717, 1.165) is 50.5 Å². The average Bonchev–Trinajstić information content (AvgIpc) is 3.04. The number of ether oxygens (including phenoxy) is 1. The molecule has 1 aromatic rings. The van der Waals surface area contributed by atoms with E-state index in [-0.39, 0.29) is 35.9 Å². The number of benzene rings is 1. The summed E-state index contributed by atoms with van der Waals surface area (Å²) in [5.41, 5.74) is 0.968. The first-order valence-corrected chi connectivity index (χ1v) is 16.1. The third-order valence-corrected chi connectivity index (χ3v) is 6.04. The van der Waals surface area contributed by atoms with Crippen LogP contribution in [-0.4, -0.2) is 69.0 Å². The Bertz CT molecular complexity index is 886. The molecule has 12 heteroatoms. The maximum atomic E-state index is 11.8. The molecule has 0 spiro atoms. The number of unbranched alkanes of at least 4 members (excludes halogenated alkanes) is 3. The van der Waals surface area contributed by atoms with Crippen molar-refractivity contribution in [2.45, 2.75) is 112 Å². The summed E-state index contributed by atoms with van der Waals surface area (Å²) >= 11 is 0. The van der Waals surface area contributed by atoms with E-state index in [1.165, 1.54) is 6.42 Å². The molecular formula is C34H64N6O6. The standard InChI is InChI=1S/C18H27N3O3.C12H24N2O2.C3H8.CH3N.H2O/c1-2-19-15-21-17(22)12-8-3-4-9-13-20-18(23)24-14-16-10-6-5-7-11-16;1-5-6-11(14-8-15)10(7-9(2)3)12(16)13-4;1-3-2;1-2;/h2,5-7,10-11H,3-4,8-9,12-15H2,1H3,(H,20,23)(H,21,22);8-11H,5-7H2,1-4H3,(H,13,16)(H,14,15);3H2,1-2H3;2H,1H2;1H2/b19-2-;;;;/t;10-,11+;;;/m.1.../s1. The van der Waals surface area contributed by atoms with Crippen LogP contribution >= 0.6 is 0 Å². The number of hydrogen-bond acceptors (Lipinski definition) is 7. The van der Waals surface area contributed by atoms with Gasteiger partial charge >= 0.3 is 6.09 Å². The van der Waals surface area contributed by atoms with Crippen molar-refractivity contribution in [1.82, 2.24) is 21.3 Å². The van der Waals surface area contributed by atoms with Gasteiger partial charge in [-0.3, -0.25) is 19.4 Å². The van der Waals surface area contributed by atoms with Crippen LogP contribution in [0.25, 0.3) is 0 Å². The number of rotatable bonds is 19. The van der Waals surface area contributed by atoms with Gasteiger partial charge < -0.3 is 36.9 Å². The number of nitrogens with zero attached hydrogens (tertiary/aromatic N) is 1. The fourth-order valence-electron chi connectivity index (χ4n) is 3.99. The molecule has 0 radical (unpaired) electrons. The highest BCUT2D eigenvalue weighted by molar-refractivity contribution is 5.79. The molecule has 12 nitrogen and oxygen atoms in total. The van der Waals surface area contributed by atoms with Crippen LogP contribution in [0.5, 0.6) is 0 Å². The Balaban J connectivity index is -0.000000349. The minimum Gasteiger partial charge on any atom is -0.445 e. The number of nitrogens with one attached hydrogen (secondary N) is 5. The van der Waals surface area contributed by atoms with E-state index in [2.05, 4.69) is 67.6 Å². The van der Waals surface area contributed by atoms with E-state index in [1.807, 2.05) is 37.3 Å². The van der Waals surface area contributed by atoms with Gasteiger partial charge in [0.2, 0.25) is 18.2 Å². The SMILES string of the molecule is C/C=N\CNC(=O)CCCCCCNC(=O)OCc1ccccc1.C=N.CCC.CCC[C@H](NC=O)[C@@H](CC(C)C)C(=O)NC.O. The Labute approximate surface area is 278 Å². The average molecular weight is 653 g/mol. The predicted molar refractivity (Wildman–Crippen MR) is 189 cm³/mol. The van der Waals surface area contributed by atoms with Gasteiger partial charge in [-0.25, -0.2) is 4.79 Å². The molecule has 2 atom stereocenters. The van der Waals surface area contributed by atoms with Crippen LogP contribution in [0, 0.1) is 17.2 Å². The van der Waals surface area contributed by atoms with Crippen LogP contribution in [0.4, 0.5) is 4.79 Å². The minimum atomic E-state index is -0.394. The zero-order valence-electron chi connectivity index (χ0n) is 29.5. The maximum absolute atomic E-state index is 11.8. The molecule has 1 rings (SSSR count). The molecule has 0 aliphatic rings. The number of carbonyl (C=O) groups excluding carboxylic acids is 4. The van der Waals surface area contributed by atoms with Crippen LogP contribution in [0.2, 0.25) is 0 Å². The van der Waals surface area contributed by atoms with E-state index in [9.17, 15) is 19.2 Å². The second kappa shape index (κ2) is 37.4. The second-order valence-corrected chi connectivity index (χ2v) is 10.6. The molecule has 0 aliphatic carbocycles. The Morgan fingerprint density at radius 1 is 1.00 bits per heavy atom. The van der Waals surface area contributed by atoms with Gasteiger partial charge in [0.25, 0.3) is 0 Å². The Hall–Kier alpha value is -3.80. The molecule has 0 aliphatic heterocycles. The van der Waals surface area contributed by atoms with E-state index >= 15 is 0 Å². The minimum absolute atomic E-state index is 0. The summed E-state index contributed by atoms with van der Waals surface area (Å²) in [5, 5.41) is 16.4. The lowest BCUT2D eigenvalue weighted by Gasteiger charge is -2.26. The lowest BCUT2D eigenvalue weighted by molar-refractivity contribution is -0.126. The molecule has 0 heterocycles. The Kier molecular flexibility index (Phi) is 39.9. The van der Waals surface area contributed by atoms with Crippen LogP contribution in [0.3, 0.4) is 0 Å². The highest BCUT2D eigenvalue weighted by Gasteiger charge is 2.27. The summed E-state index contributed by atoms with van der Waals surface area (Å²) < 4.78 is 5.12. The van der Waals surface area contributed by atoms with Gasteiger partial charge in [0, 0.05) is 26.1 Å². The van der Waals surface area contributed by atoms with Crippen molar-refractivity contribution < 1.29 is 29.4 Å². The van der Waals surface area contributed by atoms with Crippen molar-refractivity contribution in [3.05, 3.63) is 35.9 Å². The van der Waals surface area contributed by atoms with E-state index in [4.69, 9.17) is 10.1 Å². The lowest BCUT2D eigenvalue weighted by atomic mass is 9.87. The van der Waals surface area contributed by atoms with Crippen LogP contribution in [0.15, 0.2) is 35.3 Å². The van der Waals surface area contributed by atoms with Crippen LogP contribution in [0.1, 0.15) is 105 Å². The third kappa shape index (κ3) is 31.6. The van der Waals surface area contributed by atoms with Gasteiger partial charge in [0.05, 0.1) is 5.92 Å². The third-order valence-electron chi connectivity index (χ3n) is 6.04. The summed E-state index contributed by atoms with van der Waals surface area (Å²) in [4.78, 5) is 49.2. The maximum Gasteiger partial charge on any atom is 0.407 e. The number of alkyl carbamates (subject to hydrolysis) is 1. The fraction of sp³-hybridized carbons (Fsp3) is 0.647. The van der Waals surface area contributed by atoms with Gasteiger partial charge in [-0.05, 0) is 57.0 Å². The zero-order valence-corrected chi connectivity index (χ0v) is 29.5. The first kappa shape index (κ1) is 49.1. The van der Waals surface area contributed by atoms with Crippen molar-refractivity contribution in [3.63, 3.8) is 0 Å². The van der Waals surface area contributed by atoms with Gasteiger partial charge in [0.15, 0.2) is 0 Å². The largest absolute Gasteiger partial charge is 0.445 e. The quantitative estimate of drug-likeness (QED) is 0.0778. The van der Waals surface area contributed by atoms with Crippen molar-refractivity contribution in [1.29, 1.82) is 5.41 Å². The van der Waals surface area contributed by atoms with Crippen LogP contribution in [-0.2, 0) is 25.7 Å². The van der Waals surface area contributed by atoms with Crippen molar-refractivity contribution in [3.8, 4) is 0 Å². The first-order chi connectivity index (χ1) is 21.7. The van der Waals surface area contributed by atoms with Crippen molar-refractivity contribution in [2.24, 2.45) is 16.8 Å². The second-order valence-electron chi connectivity index (χ2n) is 10.6. The highest BCUT2D eigenvalue weighted by atomic mass is 16.5. The number of carbonyl (C=O) groups is 4. The molecule has 0 unspecified atom stereocenters. The van der Waals surface area contributed by atoms with E-state index in [0.29, 0.717) is 32.0 Å². The molecule has 0 saturated heterocycles. The molecular weight excluding hydrogens is 588 g/mol. The molecule has 266 valence electrons. The predicted octanol–water partition coefficient (Wildman–Crippen LogP) is 5.19. The number of amides is 4. The molecule has 0 aromatic heterocycles. The van der Waals surface area contributed by atoms with Gasteiger partial charge in [-0.2, -0.15) is 0 Å². The number of aliphatic imine (C=N–C) groups is 1. The molecule has 7 N–H and O–H groups in total. The first-order valence-electron chi connectivity index (χ1n) is 16.1. The summed E-state index contributed by atoms with van der Waals surface area (Å²) in [6.45, 7) is 16.0. The smallest absolute Gasteiger partial charge is 0.407 e. The van der Waals surface area contributed by atoms with E-state index in [1.54, 1.807) is 13.3 Å². The summed E-state index contributed by atoms with van der Waals surface area (Å²) in [7, 11) is 1.64. The summed E-state index contributed by atoms with van der Waals surface area (Å²) in [6, 6.07) is 9.52. The molecule has 1 aromatic carbocycles. The Morgan fingerprint density at radius 3 is 2.13 bits per heavy atom. The fourth-order valence-corrected chi connectivity index (χ4v) is 3.99. The number of hydrogen-bond donors (Lipinski definition) is 5. The molecule has 4 amide bonds. The normalized spacial score (nSPS) is 11.0. The van der Waals surface area contributed by atoms with Gasteiger partial charge in [-0.1, -0.05) is 90.6 Å². The monoisotopic (exact) mass is 652 g/mol. The van der Waals surface area contributed by atoms with Crippen molar-refractivity contribution >= 4 is 37.2 Å². The summed E-state index contributed by atoms with van der Waals surface area (Å²) in [6.07, 6.45) is 9.98. The molecule has 0 fully saturated rings. The summed E-state index contributed by atoms with van der Waals surface area (Å²) in [5.74, 6) is 0.356. The van der Waals surface area contributed by atoms with Crippen molar-refractivity contribution in [2.75, 3.05) is 20.3 Å². The van der Waals surface area contributed by atoms with Gasteiger partial charge in [0.1, 0.15) is 13.3 Å². The molecule has 0 bridgehead atoms. The van der Waals surface area contributed by atoms with E-state index < -0.39 is 6.09 Å². The Morgan fingerprint density at radius 2 is 1.61 bits per heavy atom. The lowest BCUT2D eigenvalue weighted by Crippen LogP contribution is -2.44. The molecule has 0 saturated carbocycles. The highest BCUT2D eigenvalue weighted by Crippen LogP contribution is 2.19. The van der Waals surface area contributed by atoms with Gasteiger partial charge in [-0.15, -0.1) is 0 Å². The van der Waals surface area contributed by atoms with Crippen LogP contribution < -0.4 is 21.3 Å². The molecule has 46 heavy (non-hydrogen) atoms. The topological polar surface area (TPSA) is 193 Å².